The van der Waals surface area contributed by atoms with Crippen LogP contribution in [-0.2, 0) is 0 Å². The minimum atomic E-state index is -0.458. The van der Waals surface area contributed by atoms with Gasteiger partial charge in [0.1, 0.15) is 11.5 Å². The summed E-state index contributed by atoms with van der Waals surface area (Å²) in [5.41, 5.74) is 1.98. The van der Waals surface area contributed by atoms with Crippen molar-refractivity contribution in [2.75, 3.05) is 13.6 Å². The molecule has 0 saturated carbocycles. The number of nitrogens with zero attached hydrogens (tertiary/aromatic N) is 3. The van der Waals surface area contributed by atoms with Gasteiger partial charge >= 0.3 is 6.03 Å². The first kappa shape index (κ1) is 18.9. The molecule has 2 aromatic rings. The molecular formula is C18H25FN4O2. The van der Waals surface area contributed by atoms with Crippen LogP contribution in [0.5, 0.6) is 0 Å². The number of nitrogens with one attached hydrogen (secondary N) is 1. The van der Waals surface area contributed by atoms with Gasteiger partial charge in [-0.2, -0.15) is 5.10 Å². The maximum Gasteiger partial charge on any atom is 0.317 e. The van der Waals surface area contributed by atoms with Crippen molar-refractivity contribution < 1.29 is 14.3 Å². The second-order valence-electron chi connectivity index (χ2n) is 6.40. The third kappa shape index (κ3) is 5.03. The van der Waals surface area contributed by atoms with Gasteiger partial charge in [-0.05, 0) is 50.5 Å². The van der Waals surface area contributed by atoms with E-state index >= 15 is 0 Å². The summed E-state index contributed by atoms with van der Waals surface area (Å²) in [6.07, 6.45) is 3.46. The molecule has 2 amide bonds. The number of carbonyl (C=O) groups excluding carboxylic acids is 1. The zero-order valence-electron chi connectivity index (χ0n) is 15.0. The molecule has 0 saturated heterocycles. The highest BCUT2D eigenvalue weighted by molar-refractivity contribution is 5.74. The van der Waals surface area contributed by atoms with E-state index in [9.17, 15) is 14.3 Å². The van der Waals surface area contributed by atoms with Crippen molar-refractivity contribution in [3.63, 3.8) is 0 Å². The van der Waals surface area contributed by atoms with Crippen LogP contribution in [0.2, 0.25) is 0 Å². The first-order chi connectivity index (χ1) is 11.8. The smallest absolute Gasteiger partial charge is 0.317 e. The minimum absolute atomic E-state index is 0.264. The SMILES string of the molecule is Cc1cnn(-c2ccc([C@@H](C)NC(=O)N(C)CC[C@@H](C)O)cc2F)c1. The number of aliphatic hydroxyl groups is 1. The van der Waals surface area contributed by atoms with Crippen LogP contribution in [-0.4, -0.2) is 45.5 Å². The lowest BCUT2D eigenvalue weighted by atomic mass is 10.1. The maximum atomic E-state index is 14.4. The number of aryl methyl sites for hydroxylation is 1. The molecule has 0 unspecified atom stereocenters. The molecule has 136 valence electrons. The van der Waals surface area contributed by atoms with Crippen molar-refractivity contribution in [2.24, 2.45) is 0 Å². The summed E-state index contributed by atoms with van der Waals surface area (Å²) in [6, 6.07) is 4.23. The Hall–Kier alpha value is -2.41. The molecule has 1 aromatic heterocycles. The van der Waals surface area contributed by atoms with Crippen LogP contribution in [0.1, 0.15) is 37.4 Å². The standard InChI is InChI=1S/C18H25FN4O2/c1-12-10-20-23(11-12)17-6-5-15(9-16(17)19)14(3)21-18(25)22(4)8-7-13(2)24/h5-6,9-11,13-14,24H,7-8H2,1-4H3,(H,21,25)/t13-,14-/m1/s1. The molecule has 0 spiro atoms. The number of hydrogen-bond acceptors (Lipinski definition) is 3. The molecule has 0 aliphatic carbocycles. The Morgan fingerprint density at radius 3 is 2.72 bits per heavy atom. The van der Waals surface area contributed by atoms with E-state index in [0.717, 1.165) is 5.56 Å². The zero-order chi connectivity index (χ0) is 18.6. The van der Waals surface area contributed by atoms with E-state index in [2.05, 4.69) is 10.4 Å². The largest absolute Gasteiger partial charge is 0.393 e. The first-order valence-electron chi connectivity index (χ1n) is 8.28. The molecule has 2 atom stereocenters. The average molecular weight is 348 g/mol. The number of hydrogen-bond donors (Lipinski definition) is 2. The van der Waals surface area contributed by atoms with Crippen LogP contribution in [0.4, 0.5) is 9.18 Å². The summed E-state index contributed by atoms with van der Waals surface area (Å²) >= 11 is 0. The van der Waals surface area contributed by atoms with E-state index in [0.29, 0.717) is 24.2 Å². The van der Waals surface area contributed by atoms with Crippen molar-refractivity contribution in [1.82, 2.24) is 20.0 Å². The highest BCUT2D eigenvalue weighted by Gasteiger charge is 2.16. The molecule has 25 heavy (non-hydrogen) atoms. The Balaban J connectivity index is 2.03. The molecular weight excluding hydrogens is 323 g/mol. The summed E-state index contributed by atoms with van der Waals surface area (Å²) < 4.78 is 15.9. The van der Waals surface area contributed by atoms with E-state index in [4.69, 9.17) is 0 Å². The fourth-order valence-electron chi connectivity index (χ4n) is 2.38. The van der Waals surface area contributed by atoms with Crippen LogP contribution < -0.4 is 5.32 Å². The van der Waals surface area contributed by atoms with E-state index in [1.807, 2.05) is 6.92 Å². The van der Waals surface area contributed by atoms with Crippen LogP contribution in [0.15, 0.2) is 30.6 Å². The monoisotopic (exact) mass is 348 g/mol. The Morgan fingerprint density at radius 2 is 2.16 bits per heavy atom. The number of carbonyl (C=O) groups is 1. The topological polar surface area (TPSA) is 70.4 Å². The molecule has 0 aliphatic rings. The van der Waals surface area contributed by atoms with Crippen LogP contribution >= 0.6 is 0 Å². The first-order valence-corrected chi connectivity index (χ1v) is 8.28. The molecule has 1 aromatic carbocycles. The van der Waals surface area contributed by atoms with Gasteiger partial charge in [0.2, 0.25) is 0 Å². The van der Waals surface area contributed by atoms with Gasteiger partial charge < -0.3 is 15.3 Å². The fraction of sp³-hybridized carbons (Fsp3) is 0.444. The Labute approximate surface area is 147 Å². The summed E-state index contributed by atoms with van der Waals surface area (Å²) in [7, 11) is 1.66. The molecule has 0 aliphatic heterocycles. The summed E-state index contributed by atoms with van der Waals surface area (Å²) in [5.74, 6) is -0.399. The van der Waals surface area contributed by atoms with Crippen LogP contribution in [0.25, 0.3) is 5.69 Å². The zero-order valence-corrected chi connectivity index (χ0v) is 15.0. The third-order valence-electron chi connectivity index (χ3n) is 4.00. The van der Waals surface area contributed by atoms with Crippen molar-refractivity contribution in [1.29, 1.82) is 0 Å². The van der Waals surface area contributed by atoms with E-state index < -0.39 is 11.9 Å². The number of amides is 2. The van der Waals surface area contributed by atoms with Crippen molar-refractivity contribution in [3.8, 4) is 5.69 Å². The van der Waals surface area contributed by atoms with Gasteiger partial charge in [-0.15, -0.1) is 0 Å². The molecule has 2 N–H and O–H groups in total. The third-order valence-corrected chi connectivity index (χ3v) is 4.00. The number of urea groups is 1. The van der Waals surface area contributed by atoms with Crippen molar-refractivity contribution in [2.45, 2.75) is 39.3 Å². The van der Waals surface area contributed by atoms with Gasteiger partial charge in [0, 0.05) is 19.8 Å². The lowest BCUT2D eigenvalue weighted by Gasteiger charge is -2.22. The quantitative estimate of drug-likeness (QED) is 0.843. The number of aromatic nitrogens is 2. The van der Waals surface area contributed by atoms with Gasteiger partial charge in [0.15, 0.2) is 0 Å². The number of aliphatic hydroxyl groups excluding tert-OH is 1. The molecule has 1 heterocycles. The molecule has 7 heteroatoms. The predicted molar refractivity (Wildman–Crippen MR) is 94.1 cm³/mol. The summed E-state index contributed by atoms with van der Waals surface area (Å²) in [5, 5.41) is 16.2. The summed E-state index contributed by atoms with van der Waals surface area (Å²) in [4.78, 5) is 13.6. The fourth-order valence-corrected chi connectivity index (χ4v) is 2.38. The van der Waals surface area contributed by atoms with Crippen LogP contribution in [0.3, 0.4) is 0 Å². The maximum absolute atomic E-state index is 14.4. The van der Waals surface area contributed by atoms with Gasteiger partial charge in [0.25, 0.3) is 0 Å². The predicted octanol–water partition coefficient (Wildman–Crippen LogP) is 2.79. The Morgan fingerprint density at radius 1 is 1.44 bits per heavy atom. The highest BCUT2D eigenvalue weighted by atomic mass is 19.1. The van der Waals surface area contributed by atoms with E-state index in [1.165, 1.54) is 15.6 Å². The van der Waals surface area contributed by atoms with Crippen molar-refractivity contribution >= 4 is 6.03 Å². The Kier molecular flexibility index (Phi) is 6.14. The number of benzene rings is 1. The number of rotatable bonds is 6. The summed E-state index contributed by atoms with van der Waals surface area (Å²) in [6.45, 7) is 5.82. The number of halogens is 1. The second kappa shape index (κ2) is 8.11. The average Bonchev–Trinajstić information content (AvgIpc) is 2.98. The van der Waals surface area contributed by atoms with Gasteiger partial charge in [-0.3, -0.25) is 0 Å². The molecule has 0 radical (unpaired) electrons. The minimum Gasteiger partial charge on any atom is -0.393 e. The second-order valence-corrected chi connectivity index (χ2v) is 6.40. The van der Waals surface area contributed by atoms with E-state index in [1.54, 1.807) is 45.4 Å². The van der Waals surface area contributed by atoms with Gasteiger partial charge in [0.05, 0.1) is 18.3 Å². The molecule has 6 nitrogen and oxygen atoms in total. The lowest BCUT2D eigenvalue weighted by molar-refractivity contribution is 0.162. The van der Waals surface area contributed by atoms with Crippen molar-refractivity contribution in [3.05, 3.63) is 47.5 Å². The van der Waals surface area contributed by atoms with Gasteiger partial charge in [-0.25, -0.2) is 13.9 Å². The highest BCUT2D eigenvalue weighted by Crippen LogP contribution is 2.20. The van der Waals surface area contributed by atoms with E-state index in [-0.39, 0.29) is 12.1 Å². The normalized spacial score (nSPS) is 13.4. The molecule has 0 fully saturated rings. The lowest BCUT2D eigenvalue weighted by Crippen LogP contribution is -2.39. The molecule has 0 bridgehead atoms. The van der Waals surface area contributed by atoms with Crippen LogP contribution in [0, 0.1) is 12.7 Å². The molecule has 2 rings (SSSR count). The van der Waals surface area contributed by atoms with Gasteiger partial charge in [-0.1, -0.05) is 6.07 Å². The Bertz CT molecular complexity index is 730.